The summed E-state index contributed by atoms with van der Waals surface area (Å²) in [5.41, 5.74) is 4.82. The van der Waals surface area contributed by atoms with E-state index in [0.29, 0.717) is 6.42 Å². The van der Waals surface area contributed by atoms with E-state index in [1.54, 1.807) is 0 Å². The van der Waals surface area contributed by atoms with Gasteiger partial charge in [-0.05, 0) is 31.5 Å². The highest BCUT2D eigenvalue weighted by Crippen LogP contribution is 2.33. The maximum absolute atomic E-state index is 11.8. The molecule has 1 saturated carbocycles. The molecule has 1 rings (SSSR count). The normalized spacial score (nSPS) is 20.9. The lowest BCUT2D eigenvalue weighted by Gasteiger charge is -2.37. The minimum Gasteiger partial charge on any atom is -0.466 e. The number of esters is 1. The molecule has 0 heterocycles. The van der Waals surface area contributed by atoms with Crippen molar-refractivity contribution in [3.63, 3.8) is 0 Å². The molecule has 112 valence electrons. The summed E-state index contributed by atoms with van der Waals surface area (Å²) >= 11 is 0. The van der Waals surface area contributed by atoms with Crippen LogP contribution in [-0.2, 0) is 14.0 Å². The van der Waals surface area contributed by atoms with Gasteiger partial charge in [-0.2, -0.15) is 0 Å². The Balaban J connectivity index is 2.62. The summed E-state index contributed by atoms with van der Waals surface area (Å²) < 4.78 is 10.8. The van der Waals surface area contributed by atoms with Crippen molar-refractivity contribution in [3.05, 3.63) is 0 Å². The number of carbonyl (C=O) groups is 1. The van der Waals surface area contributed by atoms with Gasteiger partial charge in [-0.3, -0.25) is 5.73 Å². The molecule has 1 fully saturated rings. The summed E-state index contributed by atoms with van der Waals surface area (Å²) in [4.78, 5) is 11.8. The SMILES string of the molecule is CCC(N)(O[Si](C)(C)CC1CCCCC1)C(=O)OC. The molecule has 19 heavy (non-hydrogen) atoms. The largest absolute Gasteiger partial charge is 0.466 e. The third kappa shape index (κ3) is 4.89. The number of hydrogen-bond acceptors (Lipinski definition) is 4. The van der Waals surface area contributed by atoms with E-state index in [4.69, 9.17) is 14.9 Å². The van der Waals surface area contributed by atoms with Crippen LogP contribution in [0.15, 0.2) is 0 Å². The summed E-state index contributed by atoms with van der Waals surface area (Å²) in [6, 6.07) is 1.09. The molecule has 0 radical (unpaired) electrons. The Morgan fingerprint density at radius 3 is 2.37 bits per heavy atom. The van der Waals surface area contributed by atoms with E-state index in [0.717, 1.165) is 12.0 Å². The van der Waals surface area contributed by atoms with Crippen LogP contribution >= 0.6 is 0 Å². The van der Waals surface area contributed by atoms with Crippen LogP contribution in [0.3, 0.4) is 0 Å². The molecule has 0 aliphatic heterocycles. The zero-order valence-electron chi connectivity index (χ0n) is 12.8. The Kier molecular flexibility index (Phi) is 6.01. The van der Waals surface area contributed by atoms with E-state index in [1.807, 2.05) is 6.92 Å². The first kappa shape index (κ1) is 16.7. The second kappa shape index (κ2) is 6.86. The van der Waals surface area contributed by atoms with Crippen LogP contribution in [0, 0.1) is 5.92 Å². The Hall–Kier alpha value is -0.393. The summed E-state index contributed by atoms with van der Waals surface area (Å²) in [6.45, 7) is 6.17. The molecule has 5 heteroatoms. The van der Waals surface area contributed by atoms with Crippen LogP contribution in [0.4, 0.5) is 0 Å². The second-order valence-corrected chi connectivity index (χ2v) is 10.4. The molecule has 0 aromatic rings. The predicted octanol–water partition coefficient (Wildman–Crippen LogP) is 3.03. The monoisotopic (exact) mass is 287 g/mol. The van der Waals surface area contributed by atoms with Crippen LogP contribution in [0.5, 0.6) is 0 Å². The standard InChI is InChI=1S/C14H29NO3Si/c1-5-14(15,13(16)17-2)18-19(3,4)11-12-9-7-6-8-10-12/h12H,5-11,15H2,1-4H3. The number of carbonyl (C=O) groups excluding carboxylic acids is 1. The van der Waals surface area contributed by atoms with Crippen molar-refractivity contribution in [2.75, 3.05) is 7.11 Å². The number of rotatable bonds is 6. The molecule has 1 aliphatic carbocycles. The van der Waals surface area contributed by atoms with Crippen LogP contribution in [-0.4, -0.2) is 27.1 Å². The van der Waals surface area contributed by atoms with Crippen molar-refractivity contribution in [3.8, 4) is 0 Å². The summed E-state index contributed by atoms with van der Waals surface area (Å²) in [7, 11) is -0.592. The second-order valence-electron chi connectivity index (χ2n) is 6.30. The number of ether oxygens (including phenoxy) is 1. The highest BCUT2D eigenvalue weighted by Gasteiger charge is 2.41. The Labute approximate surface area is 118 Å². The highest BCUT2D eigenvalue weighted by molar-refractivity contribution is 6.71. The quantitative estimate of drug-likeness (QED) is 0.463. The van der Waals surface area contributed by atoms with Gasteiger partial charge in [-0.15, -0.1) is 0 Å². The molecule has 0 aromatic heterocycles. The molecule has 0 amide bonds. The lowest BCUT2D eigenvalue weighted by atomic mass is 9.91. The van der Waals surface area contributed by atoms with Gasteiger partial charge in [-0.1, -0.05) is 39.0 Å². The van der Waals surface area contributed by atoms with Crippen LogP contribution < -0.4 is 5.73 Å². The molecule has 2 N–H and O–H groups in total. The fourth-order valence-electron chi connectivity index (χ4n) is 3.05. The van der Waals surface area contributed by atoms with Crippen molar-refractivity contribution in [1.82, 2.24) is 0 Å². The first-order chi connectivity index (χ1) is 8.83. The molecular weight excluding hydrogens is 258 g/mol. The zero-order valence-corrected chi connectivity index (χ0v) is 13.8. The van der Waals surface area contributed by atoms with Crippen molar-refractivity contribution in [2.45, 2.75) is 70.3 Å². The fourth-order valence-corrected chi connectivity index (χ4v) is 6.15. The van der Waals surface area contributed by atoms with Gasteiger partial charge < -0.3 is 9.16 Å². The van der Waals surface area contributed by atoms with E-state index in [9.17, 15) is 4.79 Å². The van der Waals surface area contributed by atoms with E-state index in [1.165, 1.54) is 39.2 Å². The van der Waals surface area contributed by atoms with E-state index < -0.39 is 20.0 Å². The van der Waals surface area contributed by atoms with Crippen LogP contribution in [0.1, 0.15) is 45.4 Å². The van der Waals surface area contributed by atoms with E-state index >= 15 is 0 Å². The van der Waals surface area contributed by atoms with Gasteiger partial charge in [0.15, 0.2) is 8.32 Å². The third-order valence-corrected chi connectivity index (χ3v) is 6.50. The first-order valence-corrected chi connectivity index (χ1v) is 10.5. The van der Waals surface area contributed by atoms with Gasteiger partial charge in [0.2, 0.25) is 5.72 Å². The molecule has 0 bridgehead atoms. The zero-order chi connectivity index (χ0) is 14.5. The van der Waals surface area contributed by atoms with Crippen LogP contribution in [0.25, 0.3) is 0 Å². The average molecular weight is 287 g/mol. The number of methoxy groups -OCH3 is 1. The summed E-state index contributed by atoms with van der Waals surface area (Å²) in [5.74, 6) is 0.286. The van der Waals surface area contributed by atoms with Gasteiger partial charge >= 0.3 is 5.97 Å². The highest BCUT2D eigenvalue weighted by atomic mass is 28.4. The molecule has 4 nitrogen and oxygen atoms in total. The van der Waals surface area contributed by atoms with E-state index in [2.05, 4.69) is 13.1 Å². The van der Waals surface area contributed by atoms with Crippen molar-refractivity contribution in [1.29, 1.82) is 0 Å². The number of hydrogen-bond donors (Lipinski definition) is 1. The van der Waals surface area contributed by atoms with Gasteiger partial charge in [0.1, 0.15) is 0 Å². The Morgan fingerprint density at radius 2 is 1.89 bits per heavy atom. The predicted molar refractivity (Wildman–Crippen MR) is 79.2 cm³/mol. The molecule has 1 unspecified atom stereocenters. The first-order valence-electron chi connectivity index (χ1n) is 7.40. The third-order valence-electron chi connectivity index (χ3n) is 4.02. The van der Waals surface area contributed by atoms with Gasteiger partial charge in [0, 0.05) is 0 Å². The smallest absolute Gasteiger partial charge is 0.352 e. The maximum Gasteiger partial charge on any atom is 0.352 e. The number of nitrogens with two attached hydrogens (primary N) is 1. The van der Waals surface area contributed by atoms with Crippen molar-refractivity contribution < 1.29 is 14.0 Å². The topological polar surface area (TPSA) is 61.5 Å². The lowest BCUT2D eigenvalue weighted by Crippen LogP contribution is -2.57. The minimum absolute atomic E-state index is 0.445. The minimum atomic E-state index is -1.95. The van der Waals surface area contributed by atoms with Crippen molar-refractivity contribution >= 4 is 14.3 Å². The average Bonchev–Trinajstić information content (AvgIpc) is 2.37. The summed E-state index contributed by atoms with van der Waals surface area (Å²) in [6.07, 6.45) is 7.04. The van der Waals surface area contributed by atoms with Gasteiger partial charge in [0.05, 0.1) is 7.11 Å². The molecule has 0 saturated heterocycles. The van der Waals surface area contributed by atoms with Crippen molar-refractivity contribution in [2.24, 2.45) is 11.7 Å². The summed E-state index contributed by atoms with van der Waals surface area (Å²) in [5, 5.41) is 0. The lowest BCUT2D eigenvalue weighted by molar-refractivity contribution is -0.160. The molecular formula is C14H29NO3Si. The fraction of sp³-hybridized carbons (Fsp3) is 0.929. The van der Waals surface area contributed by atoms with Crippen LogP contribution in [0.2, 0.25) is 19.1 Å². The maximum atomic E-state index is 11.8. The molecule has 1 aliphatic rings. The molecule has 0 spiro atoms. The van der Waals surface area contributed by atoms with Gasteiger partial charge in [0.25, 0.3) is 0 Å². The Morgan fingerprint density at radius 1 is 1.32 bits per heavy atom. The Bertz CT molecular complexity index is 303. The van der Waals surface area contributed by atoms with Gasteiger partial charge in [-0.25, -0.2) is 4.79 Å². The molecule has 1 atom stereocenters. The molecule has 0 aromatic carbocycles. The van der Waals surface area contributed by atoms with E-state index in [-0.39, 0.29) is 0 Å².